The smallest absolute Gasteiger partial charge is 0.289 e. The first-order valence-corrected chi connectivity index (χ1v) is 11.4. The van der Waals surface area contributed by atoms with Crippen molar-refractivity contribution in [3.8, 4) is 11.1 Å². The fraction of sp³-hybridized carbons (Fsp3) is 0.308. The molecule has 1 saturated heterocycles. The van der Waals surface area contributed by atoms with Crippen molar-refractivity contribution in [2.75, 3.05) is 24.6 Å². The number of aromatic nitrogens is 4. The van der Waals surface area contributed by atoms with Gasteiger partial charge < -0.3 is 19.9 Å². The van der Waals surface area contributed by atoms with Gasteiger partial charge >= 0.3 is 0 Å². The third-order valence-electron chi connectivity index (χ3n) is 6.12. The van der Waals surface area contributed by atoms with Crippen molar-refractivity contribution in [1.29, 1.82) is 0 Å². The molecule has 8 nitrogen and oxygen atoms in total. The number of carbonyl (C=O) groups excluding carboxylic acids is 1. The Hall–Kier alpha value is -3.78. The summed E-state index contributed by atoms with van der Waals surface area (Å²) in [4.78, 5) is 31.4. The molecule has 0 saturated carbocycles. The molecule has 0 bridgehead atoms. The van der Waals surface area contributed by atoms with Crippen molar-refractivity contribution in [1.82, 2.24) is 25.3 Å². The van der Waals surface area contributed by atoms with E-state index in [1.54, 1.807) is 12.4 Å². The number of morpholine rings is 1. The number of nitrogens with zero attached hydrogens (tertiary/aromatic N) is 4. The number of pyridine rings is 1. The molecular formula is C26H28N6O2. The van der Waals surface area contributed by atoms with E-state index in [4.69, 9.17) is 4.74 Å². The molecule has 1 amide bonds. The van der Waals surface area contributed by atoms with Crippen LogP contribution in [0.4, 0.5) is 5.69 Å². The topological polar surface area (TPSA) is 96.0 Å². The second kappa shape index (κ2) is 8.87. The minimum Gasteiger partial charge on any atom is -0.372 e. The van der Waals surface area contributed by atoms with E-state index < -0.39 is 0 Å². The predicted octanol–water partition coefficient (Wildman–Crippen LogP) is 4.13. The fourth-order valence-corrected chi connectivity index (χ4v) is 4.31. The van der Waals surface area contributed by atoms with Gasteiger partial charge in [-0.1, -0.05) is 30.3 Å². The van der Waals surface area contributed by atoms with E-state index in [1.807, 2.05) is 49.6 Å². The van der Waals surface area contributed by atoms with Crippen LogP contribution in [0.15, 0.2) is 61.2 Å². The highest BCUT2D eigenvalue weighted by Crippen LogP contribution is 2.31. The summed E-state index contributed by atoms with van der Waals surface area (Å²) in [5.74, 6) is -0.165. The molecule has 4 aromatic rings. The zero-order valence-electron chi connectivity index (χ0n) is 19.6. The molecular weight excluding hydrogens is 428 g/mol. The van der Waals surface area contributed by atoms with Crippen LogP contribution in [0.2, 0.25) is 0 Å². The van der Waals surface area contributed by atoms with Crippen LogP contribution < -0.4 is 10.2 Å². The summed E-state index contributed by atoms with van der Waals surface area (Å²) < 4.78 is 5.84. The molecule has 8 heteroatoms. The number of H-pyrrole nitrogens is 1. The summed E-state index contributed by atoms with van der Waals surface area (Å²) in [7, 11) is 0. The van der Waals surface area contributed by atoms with E-state index in [9.17, 15) is 4.79 Å². The highest BCUT2D eigenvalue weighted by molar-refractivity contribution is 5.95. The van der Waals surface area contributed by atoms with Gasteiger partial charge in [0.25, 0.3) is 5.91 Å². The molecule has 1 aromatic carbocycles. The van der Waals surface area contributed by atoms with Gasteiger partial charge in [0.05, 0.1) is 30.1 Å². The van der Waals surface area contributed by atoms with E-state index in [2.05, 4.69) is 50.1 Å². The van der Waals surface area contributed by atoms with Gasteiger partial charge in [-0.2, -0.15) is 0 Å². The zero-order valence-corrected chi connectivity index (χ0v) is 19.6. The van der Waals surface area contributed by atoms with Crippen molar-refractivity contribution < 1.29 is 9.53 Å². The summed E-state index contributed by atoms with van der Waals surface area (Å²) in [6.45, 7) is 8.45. The van der Waals surface area contributed by atoms with Crippen LogP contribution in [0.25, 0.3) is 22.2 Å². The number of hydrogen-bond acceptors (Lipinski definition) is 6. The number of amides is 1. The first-order valence-electron chi connectivity index (χ1n) is 11.4. The van der Waals surface area contributed by atoms with Gasteiger partial charge in [0.1, 0.15) is 5.65 Å². The van der Waals surface area contributed by atoms with Crippen LogP contribution in [0.1, 0.15) is 43.0 Å². The summed E-state index contributed by atoms with van der Waals surface area (Å²) in [6, 6.07) is 11.8. The molecule has 34 heavy (non-hydrogen) atoms. The lowest BCUT2D eigenvalue weighted by atomic mass is 10.1. The summed E-state index contributed by atoms with van der Waals surface area (Å²) in [6.07, 6.45) is 7.16. The molecule has 5 rings (SSSR count). The van der Waals surface area contributed by atoms with Gasteiger partial charge in [0.2, 0.25) is 5.82 Å². The van der Waals surface area contributed by atoms with Crippen molar-refractivity contribution in [3.05, 3.63) is 72.6 Å². The lowest BCUT2D eigenvalue weighted by molar-refractivity contribution is -0.0277. The number of benzene rings is 1. The average molecular weight is 457 g/mol. The van der Waals surface area contributed by atoms with E-state index in [0.717, 1.165) is 46.5 Å². The van der Waals surface area contributed by atoms with Crippen LogP contribution in [0.5, 0.6) is 0 Å². The average Bonchev–Trinajstić information content (AvgIpc) is 3.27. The molecule has 0 unspecified atom stereocenters. The van der Waals surface area contributed by atoms with Gasteiger partial charge in [-0.3, -0.25) is 4.79 Å². The van der Waals surface area contributed by atoms with E-state index in [-0.39, 0.29) is 23.4 Å². The van der Waals surface area contributed by atoms with Crippen LogP contribution in [-0.2, 0) is 4.74 Å². The van der Waals surface area contributed by atoms with Crippen LogP contribution in [0, 0.1) is 0 Å². The molecule has 0 radical (unpaired) electrons. The van der Waals surface area contributed by atoms with E-state index >= 15 is 0 Å². The molecule has 3 aromatic heterocycles. The zero-order chi connectivity index (χ0) is 23.7. The van der Waals surface area contributed by atoms with Gasteiger partial charge in [-0.15, -0.1) is 0 Å². The Balaban J connectivity index is 1.36. The lowest BCUT2D eigenvalue weighted by Gasteiger charge is -2.39. The monoisotopic (exact) mass is 456 g/mol. The van der Waals surface area contributed by atoms with E-state index in [1.165, 1.54) is 0 Å². The lowest BCUT2D eigenvalue weighted by Crippen LogP contribution is -2.48. The predicted molar refractivity (Wildman–Crippen MR) is 132 cm³/mol. The molecule has 0 spiro atoms. The van der Waals surface area contributed by atoms with Gasteiger partial charge in [0.15, 0.2) is 0 Å². The number of nitrogens with one attached hydrogen (secondary N) is 2. The molecule has 1 fully saturated rings. The van der Waals surface area contributed by atoms with Crippen molar-refractivity contribution in [2.45, 2.75) is 32.4 Å². The minimum absolute atomic E-state index is 0.139. The van der Waals surface area contributed by atoms with E-state index in [0.29, 0.717) is 6.61 Å². The molecule has 174 valence electrons. The third kappa shape index (κ3) is 4.49. The van der Waals surface area contributed by atoms with Crippen molar-refractivity contribution >= 4 is 22.6 Å². The van der Waals surface area contributed by atoms with Crippen molar-refractivity contribution in [3.63, 3.8) is 0 Å². The second-order valence-corrected chi connectivity index (χ2v) is 9.22. The highest BCUT2D eigenvalue weighted by atomic mass is 16.5. The Bertz CT molecular complexity index is 1300. The standard InChI is InChI=1S/C26H28N6O2/c1-17(18-7-5-4-6-8-18)31-25(33)24-27-12-19(13-28-24)22-15-30-23-21(22)11-20(14-29-23)32-9-10-34-26(2,3)16-32/h4-8,11-15,17H,9-10,16H2,1-3H3,(H,29,30)(H,31,33)/t17-/m0/s1. The van der Waals surface area contributed by atoms with Gasteiger partial charge in [0, 0.05) is 48.2 Å². The Kier molecular flexibility index (Phi) is 5.75. The maximum absolute atomic E-state index is 12.6. The summed E-state index contributed by atoms with van der Waals surface area (Å²) >= 11 is 0. The number of anilines is 1. The first kappa shape index (κ1) is 22.0. The van der Waals surface area contributed by atoms with Gasteiger partial charge in [-0.25, -0.2) is 15.0 Å². The summed E-state index contributed by atoms with van der Waals surface area (Å²) in [5.41, 5.74) is 4.44. The number of aromatic amines is 1. The molecule has 1 aliphatic rings. The third-order valence-corrected chi connectivity index (χ3v) is 6.12. The van der Waals surface area contributed by atoms with Crippen LogP contribution in [-0.4, -0.2) is 51.1 Å². The Morgan fingerprint density at radius 1 is 1.15 bits per heavy atom. The fourth-order valence-electron chi connectivity index (χ4n) is 4.31. The number of fused-ring (bicyclic) bond motifs is 1. The molecule has 2 N–H and O–H groups in total. The molecule has 0 aliphatic carbocycles. The Labute approximate surface area is 198 Å². The van der Waals surface area contributed by atoms with Crippen LogP contribution in [0.3, 0.4) is 0 Å². The molecule has 1 atom stereocenters. The normalized spacial score (nSPS) is 16.4. The quantitative estimate of drug-likeness (QED) is 0.469. The largest absolute Gasteiger partial charge is 0.372 e. The Morgan fingerprint density at radius 2 is 1.91 bits per heavy atom. The molecule has 4 heterocycles. The van der Waals surface area contributed by atoms with Crippen LogP contribution >= 0.6 is 0 Å². The second-order valence-electron chi connectivity index (χ2n) is 9.22. The first-order chi connectivity index (χ1) is 16.4. The number of ether oxygens (including phenoxy) is 1. The number of carbonyl (C=O) groups is 1. The molecule has 1 aliphatic heterocycles. The highest BCUT2D eigenvalue weighted by Gasteiger charge is 2.27. The number of rotatable bonds is 5. The maximum Gasteiger partial charge on any atom is 0.289 e. The Morgan fingerprint density at radius 3 is 2.65 bits per heavy atom. The maximum atomic E-state index is 12.6. The van der Waals surface area contributed by atoms with Gasteiger partial charge in [-0.05, 0) is 32.4 Å². The summed E-state index contributed by atoms with van der Waals surface area (Å²) in [5, 5.41) is 3.94. The number of hydrogen-bond donors (Lipinski definition) is 2. The minimum atomic E-state index is -0.305. The van der Waals surface area contributed by atoms with Crippen molar-refractivity contribution in [2.24, 2.45) is 0 Å². The SMILES string of the molecule is C[C@H](NC(=O)c1ncc(-c2c[nH]c3ncc(N4CCOC(C)(C)C4)cc23)cn1)c1ccccc1.